The van der Waals surface area contributed by atoms with Crippen LogP contribution >= 0.6 is 11.3 Å². The van der Waals surface area contributed by atoms with Crippen molar-refractivity contribution in [2.75, 3.05) is 11.5 Å². The van der Waals surface area contributed by atoms with E-state index >= 15 is 0 Å². The van der Waals surface area contributed by atoms with Crippen molar-refractivity contribution in [3.05, 3.63) is 59.7 Å². The van der Waals surface area contributed by atoms with Gasteiger partial charge in [-0.1, -0.05) is 53.8 Å². The van der Waals surface area contributed by atoms with E-state index in [4.69, 9.17) is 4.74 Å². The molecule has 1 fully saturated rings. The first-order valence-corrected chi connectivity index (χ1v) is 9.80. The van der Waals surface area contributed by atoms with Crippen molar-refractivity contribution in [3.63, 3.8) is 0 Å². The zero-order valence-electron chi connectivity index (χ0n) is 15.1. The molecule has 0 unspecified atom stereocenters. The van der Waals surface area contributed by atoms with Crippen LogP contribution in [0.4, 0.5) is 5.13 Å². The number of hydrogen-bond donors (Lipinski definition) is 0. The van der Waals surface area contributed by atoms with Crippen LogP contribution in [0.1, 0.15) is 24.0 Å². The van der Waals surface area contributed by atoms with Crippen LogP contribution in [0.15, 0.2) is 48.5 Å². The van der Waals surface area contributed by atoms with Crippen LogP contribution in [0.2, 0.25) is 0 Å². The predicted molar refractivity (Wildman–Crippen MR) is 106 cm³/mol. The molecule has 2 aromatic carbocycles. The number of para-hydroxylation sites is 1. The smallest absolute Gasteiger partial charge is 0.309 e. The number of esters is 1. The number of rotatable bonds is 6. The average Bonchev–Trinajstić information content (AvgIpc) is 3.44. The fourth-order valence-electron chi connectivity index (χ4n) is 2.87. The Balaban J connectivity index is 1.60. The molecule has 1 aliphatic rings. The minimum Gasteiger partial charge on any atom is -0.455 e. The van der Waals surface area contributed by atoms with Gasteiger partial charge in [-0.25, -0.2) is 4.98 Å². The molecule has 3 aromatic rings. The second kappa shape index (κ2) is 7.48. The van der Waals surface area contributed by atoms with Gasteiger partial charge in [0.2, 0.25) is 0 Å². The quantitative estimate of drug-likeness (QED) is 0.604. The number of amides is 1. The molecule has 0 N–H and O–H groups in total. The van der Waals surface area contributed by atoms with Gasteiger partial charge in [0, 0.05) is 0 Å². The summed E-state index contributed by atoms with van der Waals surface area (Å²) in [6.07, 6.45) is 1.72. The molecular weight excluding hydrogens is 360 g/mol. The molecule has 0 bridgehead atoms. The molecule has 5 nitrogen and oxygen atoms in total. The first kappa shape index (κ1) is 17.7. The minimum atomic E-state index is -0.275. The third-order valence-electron chi connectivity index (χ3n) is 4.57. The fourth-order valence-corrected chi connectivity index (χ4v) is 3.93. The third-order valence-corrected chi connectivity index (χ3v) is 5.62. The summed E-state index contributed by atoms with van der Waals surface area (Å²) >= 11 is 1.47. The standard InChI is InChI=1S/C21H20N2O3S/c1-14-6-5-9-17-19(14)22-21(27-17)23(12-15-7-3-2-4-8-15)18(24)13-26-20(25)16-10-11-16/h2-9,16H,10-13H2,1H3. The van der Waals surface area contributed by atoms with Gasteiger partial charge in [0.1, 0.15) is 0 Å². The van der Waals surface area contributed by atoms with E-state index in [0.717, 1.165) is 34.2 Å². The Morgan fingerprint density at radius 2 is 1.93 bits per heavy atom. The summed E-state index contributed by atoms with van der Waals surface area (Å²) in [5.41, 5.74) is 2.97. The normalized spacial score (nSPS) is 13.5. The third kappa shape index (κ3) is 4.01. The Morgan fingerprint density at radius 1 is 1.15 bits per heavy atom. The Bertz CT molecular complexity index is 980. The molecule has 1 aromatic heterocycles. The van der Waals surface area contributed by atoms with Crippen LogP contribution in [0.25, 0.3) is 10.2 Å². The SMILES string of the molecule is Cc1cccc2sc(N(Cc3ccccc3)C(=O)COC(=O)C3CC3)nc12. The molecule has 1 heterocycles. The van der Waals surface area contributed by atoms with Crippen molar-refractivity contribution in [2.24, 2.45) is 5.92 Å². The highest BCUT2D eigenvalue weighted by Crippen LogP contribution is 2.32. The number of aromatic nitrogens is 1. The number of aryl methyl sites for hydroxylation is 1. The highest BCUT2D eigenvalue weighted by Gasteiger charge is 2.32. The molecule has 0 spiro atoms. The summed E-state index contributed by atoms with van der Waals surface area (Å²) in [5, 5.41) is 0.621. The summed E-state index contributed by atoms with van der Waals surface area (Å²) in [5.74, 6) is -0.557. The average molecular weight is 380 g/mol. The topological polar surface area (TPSA) is 59.5 Å². The highest BCUT2D eigenvalue weighted by molar-refractivity contribution is 7.22. The molecule has 1 aliphatic carbocycles. The van der Waals surface area contributed by atoms with Crippen molar-refractivity contribution in [2.45, 2.75) is 26.3 Å². The number of ether oxygens (including phenoxy) is 1. The maximum Gasteiger partial charge on any atom is 0.309 e. The van der Waals surface area contributed by atoms with Gasteiger partial charge in [0.25, 0.3) is 5.91 Å². The van der Waals surface area contributed by atoms with Gasteiger partial charge in [-0.2, -0.15) is 0 Å². The Labute approximate surface area is 161 Å². The van der Waals surface area contributed by atoms with Crippen LogP contribution in [-0.2, 0) is 20.9 Å². The van der Waals surface area contributed by atoms with E-state index in [1.807, 2.05) is 55.5 Å². The van der Waals surface area contributed by atoms with Crippen LogP contribution in [-0.4, -0.2) is 23.5 Å². The molecule has 0 aliphatic heterocycles. The molecule has 4 rings (SSSR count). The molecule has 27 heavy (non-hydrogen) atoms. The minimum absolute atomic E-state index is 0.0227. The van der Waals surface area contributed by atoms with E-state index in [2.05, 4.69) is 4.98 Å². The lowest BCUT2D eigenvalue weighted by Gasteiger charge is -2.20. The molecule has 0 atom stereocenters. The van der Waals surface area contributed by atoms with Gasteiger partial charge in [-0.3, -0.25) is 14.5 Å². The Morgan fingerprint density at radius 3 is 2.63 bits per heavy atom. The lowest BCUT2D eigenvalue weighted by molar-refractivity contribution is -0.149. The van der Waals surface area contributed by atoms with Crippen molar-refractivity contribution >= 4 is 38.6 Å². The number of carbonyl (C=O) groups excluding carboxylic acids is 2. The number of carbonyl (C=O) groups is 2. The summed E-state index contributed by atoms with van der Waals surface area (Å²) in [7, 11) is 0. The molecule has 6 heteroatoms. The van der Waals surface area contributed by atoms with E-state index in [1.165, 1.54) is 11.3 Å². The van der Waals surface area contributed by atoms with Crippen LogP contribution in [0.5, 0.6) is 0 Å². The van der Waals surface area contributed by atoms with Crippen LogP contribution in [0.3, 0.4) is 0 Å². The van der Waals surface area contributed by atoms with E-state index < -0.39 is 0 Å². The van der Waals surface area contributed by atoms with Crippen molar-refractivity contribution in [1.29, 1.82) is 0 Å². The molecule has 1 amide bonds. The van der Waals surface area contributed by atoms with Crippen LogP contribution < -0.4 is 4.90 Å². The molecule has 0 saturated heterocycles. The van der Waals surface area contributed by atoms with Gasteiger partial charge in [-0.05, 0) is 37.0 Å². The monoisotopic (exact) mass is 380 g/mol. The predicted octanol–water partition coefficient (Wildman–Crippen LogP) is 4.09. The first-order valence-electron chi connectivity index (χ1n) is 8.99. The van der Waals surface area contributed by atoms with Gasteiger partial charge in [0.15, 0.2) is 11.7 Å². The highest BCUT2D eigenvalue weighted by atomic mass is 32.1. The van der Waals surface area contributed by atoms with E-state index in [0.29, 0.717) is 11.7 Å². The number of fused-ring (bicyclic) bond motifs is 1. The summed E-state index contributed by atoms with van der Waals surface area (Å²) in [4.78, 5) is 31.0. The zero-order chi connectivity index (χ0) is 18.8. The van der Waals surface area contributed by atoms with Gasteiger partial charge in [0.05, 0.1) is 22.7 Å². The zero-order valence-corrected chi connectivity index (χ0v) is 15.9. The lowest BCUT2D eigenvalue weighted by atomic mass is 10.2. The van der Waals surface area contributed by atoms with Crippen LogP contribution in [0, 0.1) is 12.8 Å². The second-order valence-corrected chi connectivity index (χ2v) is 7.77. The molecular formula is C21H20N2O3S. The van der Waals surface area contributed by atoms with E-state index in [-0.39, 0.29) is 24.4 Å². The Hall–Kier alpha value is -2.73. The number of hydrogen-bond acceptors (Lipinski definition) is 5. The largest absolute Gasteiger partial charge is 0.455 e. The number of thiazole rings is 1. The Kier molecular flexibility index (Phi) is 4.90. The molecule has 0 radical (unpaired) electrons. The first-order chi connectivity index (χ1) is 13.1. The van der Waals surface area contributed by atoms with Gasteiger partial charge >= 0.3 is 5.97 Å². The summed E-state index contributed by atoms with van der Waals surface area (Å²) in [6.45, 7) is 2.14. The second-order valence-electron chi connectivity index (χ2n) is 6.77. The maximum atomic E-state index is 12.9. The lowest BCUT2D eigenvalue weighted by Crippen LogP contribution is -2.34. The maximum absolute atomic E-state index is 12.9. The van der Waals surface area contributed by atoms with E-state index in [9.17, 15) is 9.59 Å². The fraction of sp³-hybridized carbons (Fsp3) is 0.286. The number of anilines is 1. The van der Waals surface area contributed by atoms with Crippen molar-refractivity contribution in [1.82, 2.24) is 4.98 Å². The summed E-state index contributed by atoms with van der Waals surface area (Å²) < 4.78 is 6.25. The van der Waals surface area contributed by atoms with Crippen molar-refractivity contribution < 1.29 is 14.3 Å². The molecule has 138 valence electrons. The van der Waals surface area contributed by atoms with Gasteiger partial charge < -0.3 is 4.74 Å². The van der Waals surface area contributed by atoms with E-state index in [1.54, 1.807) is 4.90 Å². The van der Waals surface area contributed by atoms with Crippen molar-refractivity contribution in [3.8, 4) is 0 Å². The number of nitrogens with zero attached hydrogens (tertiary/aromatic N) is 2. The summed E-state index contributed by atoms with van der Waals surface area (Å²) in [6, 6.07) is 15.7. The molecule has 1 saturated carbocycles. The number of benzene rings is 2. The van der Waals surface area contributed by atoms with Gasteiger partial charge in [-0.15, -0.1) is 0 Å².